The average Bonchev–Trinajstić information content (AvgIpc) is 3.25. The SMILES string of the molecule is CCc1ccc2c(c1)sc(=NC(=O)/C=C/c1cccs1)n2CCSC. The number of benzene rings is 1. The lowest BCUT2D eigenvalue weighted by Gasteiger charge is -2.04. The van der Waals surface area contributed by atoms with Crippen LogP contribution in [0.15, 0.2) is 46.8 Å². The minimum Gasteiger partial charge on any atom is -0.316 e. The average molecular weight is 389 g/mol. The Morgan fingerprint density at radius 2 is 2.24 bits per heavy atom. The molecule has 2 heterocycles. The molecule has 0 saturated heterocycles. The van der Waals surface area contributed by atoms with Gasteiger partial charge in [0.15, 0.2) is 4.80 Å². The Morgan fingerprint density at radius 1 is 1.36 bits per heavy atom. The number of rotatable bonds is 6. The molecule has 0 spiro atoms. The lowest BCUT2D eigenvalue weighted by Crippen LogP contribution is -2.17. The minimum absolute atomic E-state index is 0.214. The fourth-order valence-corrected chi connectivity index (χ4v) is 4.60. The van der Waals surface area contributed by atoms with Crippen LogP contribution in [0.2, 0.25) is 0 Å². The summed E-state index contributed by atoms with van der Waals surface area (Å²) in [6.45, 7) is 3.01. The topological polar surface area (TPSA) is 34.4 Å². The van der Waals surface area contributed by atoms with Crippen molar-refractivity contribution in [2.24, 2.45) is 4.99 Å². The third-order valence-electron chi connectivity index (χ3n) is 3.81. The van der Waals surface area contributed by atoms with Crippen LogP contribution < -0.4 is 4.80 Å². The van der Waals surface area contributed by atoms with Gasteiger partial charge in [0.25, 0.3) is 5.91 Å². The van der Waals surface area contributed by atoms with Gasteiger partial charge in [0.2, 0.25) is 0 Å². The first kappa shape index (κ1) is 18.2. The van der Waals surface area contributed by atoms with Gasteiger partial charge in [0.1, 0.15) is 0 Å². The van der Waals surface area contributed by atoms with Gasteiger partial charge < -0.3 is 4.57 Å². The number of carbonyl (C=O) groups excluding carboxylic acids is 1. The van der Waals surface area contributed by atoms with E-state index in [4.69, 9.17) is 0 Å². The van der Waals surface area contributed by atoms with Gasteiger partial charge in [-0.1, -0.05) is 30.4 Å². The number of hydrogen-bond acceptors (Lipinski definition) is 4. The van der Waals surface area contributed by atoms with Crippen molar-refractivity contribution in [3.63, 3.8) is 0 Å². The molecule has 6 heteroatoms. The molecule has 0 N–H and O–H groups in total. The molecular formula is C19H20N2OS3. The lowest BCUT2D eigenvalue weighted by molar-refractivity contribution is -0.113. The maximum absolute atomic E-state index is 12.3. The largest absolute Gasteiger partial charge is 0.316 e. The van der Waals surface area contributed by atoms with Crippen molar-refractivity contribution >= 4 is 56.6 Å². The molecule has 3 nitrogen and oxygen atoms in total. The summed E-state index contributed by atoms with van der Waals surface area (Å²) >= 11 is 4.99. The summed E-state index contributed by atoms with van der Waals surface area (Å²) in [5.74, 6) is 0.780. The Bertz CT molecular complexity index is 949. The van der Waals surface area contributed by atoms with Crippen molar-refractivity contribution in [2.45, 2.75) is 19.9 Å². The third-order valence-corrected chi connectivity index (χ3v) is 6.28. The zero-order valence-corrected chi connectivity index (χ0v) is 16.7. The summed E-state index contributed by atoms with van der Waals surface area (Å²) in [6, 6.07) is 10.5. The molecule has 0 atom stereocenters. The maximum Gasteiger partial charge on any atom is 0.272 e. The molecule has 0 aliphatic carbocycles. The van der Waals surface area contributed by atoms with Crippen LogP contribution in [0.1, 0.15) is 17.4 Å². The van der Waals surface area contributed by atoms with Crippen molar-refractivity contribution in [1.29, 1.82) is 0 Å². The fourth-order valence-electron chi connectivity index (χ4n) is 2.49. The first-order valence-corrected chi connectivity index (χ1v) is 11.2. The highest BCUT2D eigenvalue weighted by atomic mass is 32.2. The molecule has 3 aromatic rings. The van der Waals surface area contributed by atoms with Gasteiger partial charge >= 0.3 is 0 Å². The number of fused-ring (bicyclic) bond motifs is 1. The van der Waals surface area contributed by atoms with Gasteiger partial charge in [-0.15, -0.1) is 11.3 Å². The van der Waals surface area contributed by atoms with Crippen LogP contribution in [-0.4, -0.2) is 22.5 Å². The number of nitrogens with zero attached hydrogens (tertiary/aromatic N) is 2. The van der Waals surface area contributed by atoms with Gasteiger partial charge in [-0.25, -0.2) is 0 Å². The predicted octanol–water partition coefficient (Wildman–Crippen LogP) is 4.83. The third kappa shape index (κ3) is 4.51. The van der Waals surface area contributed by atoms with E-state index in [1.165, 1.54) is 10.3 Å². The molecule has 3 rings (SSSR count). The highest BCUT2D eigenvalue weighted by Crippen LogP contribution is 2.20. The van der Waals surface area contributed by atoms with Crippen molar-refractivity contribution in [3.8, 4) is 0 Å². The normalized spacial score (nSPS) is 12.5. The molecule has 1 amide bonds. The second kappa shape index (κ2) is 8.65. The summed E-state index contributed by atoms with van der Waals surface area (Å²) in [6.07, 6.45) is 6.47. The fraction of sp³-hybridized carbons (Fsp3) is 0.263. The molecule has 0 fully saturated rings. The van der Waals surface area contributed by atoms with E-state index in [0.29, 0.717) is 0 Å². The first-order chi connectivity index (χ1) is 12.2. The van der Waals surface area contributed by atoms with Crippen molar-refractivity contribution in [1.82, 2.24) is 4.57 Å². The van der Waals surface area contributed by atoms with Crippen molar-refractivity contribution in [3.05, 3.63) is 57.0 Å². The molecular weight excluding hydrogens is 368 g/mol. The highest BCUT2D eigenvalue weighted by molar-refractivity contribution is 7.98. The second-order valence-corrected chi connectivity index (χ2v) is 8.46. The van der Waals surface area contributed by atoms with E-state index in [1.54, 1.807) is 40.5 Å². The number of aromatic nitrogens is 1. The maximum atomic E-state index is 12.3. The standard InChI is InChI=1S/C19H20N2OS3/c1-3-14-6-8-16-17(13-14)25-19(21(16)10-12-23-2)20-18(22)9-7-15-5-4-11-24-15/h4-9,11,13H,3,10,12H2,1-2H3/b9-7+,20-19?. The van der Waals surface area contributed by atoms with E-state index in [1.807, 2.05) is 23.6 Å². The zero-order chi connectivity index (χ0) is 17.6. The number of thiazole rings is 1. The lowest BCUT2D eigenvalue weighted by atomic mass is 10.2. The molecule has 1 aromatic carbocycles. The Morgan fingerprint density at radius 3 is 2.96 bits per heavy atom. The van der Waals surface area contributed by atoms with Crippen LogP contribution in [0.25, 0.3) is 16.3 Å². The van der Waals surface area contributed by atoms with Gasteiger partial charge in [0.05, 0.1) is 10.2 Å². The summed E-state index contributed by atoms with van der Waals surface area (Å²) < 4.78 is 3.35. The van der Waals surface area contributed by atoms with Crippen LogP contribution in [-0.2, 0) is 17.8 Å². The predicted molar refractivity (Wildman–Crippen MR) is 111 cm³/mol. The van der Waals surface area contributed by atoms with Crippen LogP contribution in [0.4, 0.5) is 0 Å². The summed E-state index contributed by atoms with van der Waals surface area (Å²) in [5, 5.41) is 2.00. The Hall–Kier alpha value is -1.63. The van der Waals surface area contributed by atoms with Crippen molar-refractivity contribution in [2.75, 3.05) is 12.0 Å². The number of aryl methyl sites for hydroxylation is 2. The molecule has 0 radical (unpaired) electrons. The number of thioether (sulfide) groups is 1. The first-order valence-electron chi connectivity index (χ1n) is 8.12. The number of hydrogen-bond donors (Lipinski definition) is 0. The van der Waals surface area contributed by atoms with E-state index < -0.39 is 0 Å². The molecule has 25 heavy (non-hydrogen) atoms. The Balaban J connectivity index is 1.99. The van der Waals surface area contributed by atoms with Crippen LogP contribution in [0.5, 0.6) is 0 Å². The number of thiophene rings is 1. The van der Waals surface area contributed by atoms with Crippen LogP contribution in [0.3, 0.4) is 0 Å². The molecule has 0 unspecified atom stereocenters. The van der Waals surface area contributed by atoms with E-state index in [-0.39, 0.29) is 5.91 Å². The molecule has 0 aliphatic heterocycles. The Labute approximate surface area is 159 Å². The molecule has 2 aromatic heterocycles. The molecule has 130 valence electrons. The smallest absolute Gasteiger partial charge is 0.272 e. The highest BCUT2D eigenvalue weighted by Gasteiger charge is 2.07. The molecule has 0 aliphatic rings. The van der Waals surface area contributed by atoms with Gasteiger partial charge in [-0.3, -0.25) is 4.79 Å². The van der Waals surface area contributed by atoms with Gasteiger partial charge in [-0.05, 0) is 47.9 Å². The molecule has 0 saturated carbocycles. The second-order valence-electron chi connectivity index (χ2n) is 5.48. The number of carbonyl (C=O) groups is 1. The summed E-state index contributed by atoms with van der Waals surface area (Å²) in [7, 11) is 0. The van der Waals surface area contributed by atoms with Crippen molar-refractivity contribution < 1.29 is 4.79 Å². The van der Waals surface area contributed by atoms with E-state index in [9.17, 15) is 4.79 Å². The Kier molecular flexibility index (Phi) is 6.29. The quantitative estimate of drug-likeness (QED) is 0.567. The van der Waals surface area contributed by atoms with Crippen LogP contribution in [0, 0.1) is 0 Å². The minimum atomic E-state index is -0.214. The van der Waals surface area contributed by atoms with Crippen LogP contribution >= 0.6 is 34.4 Å². The van der Waals surface area contributed by atoms with E-state index in [0.717, 1.165) is 33.9 Å². The van der Waals surface area contributed by atoms with E-state index >= 15 is 0 Å². The van der Waals surface area contributed by atoms with E-state index in [2.05, 4.69) is 40.9 Å². The molecule has 0 bridgehead atoms. The number of amides is 1. The van der Waals surface area contributed by atoms with Gasteiger partial charge in [-0.2, -0.15) is 16.8 Å². The monoisotopic (exact) mass is 388 g/mol. The zero-order valence-electron chi connectivity index (χ0n) is 14.3. The van der Waals surface area contributed by atoms with Gasteiger partial charge in [0, 0.05) is 23.3 Å². The summed E-state index contributed by atoms with van der Waals surface area (Å²) in [4.78, 5) is 18.5. The summed E-state index contributed by atoms with van der Waals surface area (Å²) in [5.41, 5.74) is 2.46.